The maximum absolute atomic E-state index is 12.4. The summed E-state index contributed by atoms with van der Waals surface area (Å²) in [6, 6.07) is 9.62. The van der Waals surface area contributed by atoms with Gasteiger partial charge >= 0.3 is 0 Å². The summed E-state index contributed by atoms with van der Waals surface area (Å²) in [4.78, 5) is 12.4. The number of nitrogens with zero attached hydrogens (tertiary/aromatic N) is 2. The molecule has 0 aliphatic rings. The topological polar surface area (TPSA) is 60.9 Å². The van der Waals surface area contributed by atoms with Gasteiger partial charge in [0.1, 0.15) is 0 Å². The van der Waals surface area contributed by atoms with Gasteiger partial charge in [0.25, 0.3) is 0 Å². The van der Waals surface area contributed by atoms with Gasteiger partial charge in [-0.05, 0) is 12.5 Å². The van der Waals surface area contributed by atoms with Gasteiger partial charge < -0.3 is 5.73 Å². The van der Waals surface area contributed by atoms with Crippen LogP contribution in [0.2, 0.25) is 0 Å². The summed E-state index contributed by atoms with van der Waals surface area (Å²) in [5.41, 5.74) is 7.31. The molecule has 2 aromatic rings. The maximum atomic E-state index is 12.4. The standard InChI is InChI=1S/C14H17N3O/c1-2-17-10-12(9-16-17)14(18)13(8-15)11-6-4-3-5-7-11/h3-7,9-10,13H,2,8,15H2,1H3. The number of carbonyl (C=O) groups is 1. The number of hydrogen-bond acceptors (Lipinski definition) is 3. The Morgan fingerprint density at radius 2 is 2.11 bits per heavy atom. The van der Waals surface area contributed by atoms with E-state index in [0.29, 0.717) is 12.1 Å². The summed E-state index contributed by atoms with van der Waals surface area (Å²) >= 11 is 0. The van der Waals surface area contributed by atoms with Crippen molar-refractivity contribution in [3.63, 3.8) is 0 Å². The molecule has 2 N–H and O–H groups in total. The molecule has 1 aromatic carbocycles. The zero-order valence-electron chi connectivity index (χ0n) is 10.4. The first-order chi connectivity index (χ1) is 8.76. The predicted molar refractivity (Wildman–Crippen MR) is 70.5 cm³/mol. The van der Waals surface area contributed by atoms with Crippen molar-refractivity contribution in [1.29, 1.82) is 0 Å². The van der Waals surface area contributed by atoms with E-state index in [0.717, 1.165) is 12.1 Å². The first kappa shape index (κ1) is 12.5. The SMILES string of the molecule is CCn1cc(C(=O)C(CN)c2ccccc2)cn1. The summed E-state index contributed by atoms with van der Waals surface area (Å²) in [6.45, 7) is 3.05. The highest BCUT2D eigenvalue weighted by atomic mass is 16.1. The Morgan fingerprint density at radius 3 is 2.67 bits per heavy atom. The Bertz CT molecular complexity index is 519. The second kappa shape index (κ2) is 5.60. The van der Waals surface area contributed by atoms with Gasteiger partial charge in [0.15, 0.2) is 5.78 Å². The smallest absolute Gasteiger partial charge is 0.174 e. The van der Waals surface area contributed by atoms with Crippen LogP contribution in [0, 0.1) is 0 Å². The molecule has 1 heterocycles. The molecule has 0 fully saturated rings. The third-order valence-corrected chi connectivity index (χ3v) is 3.00. The van der Waals surface area contributed by atoms with Gasteiger partial charge in [-0.25, -0.2) is 0 Å². The van der Waals surface area contributed by atoms with Crippen LogP contribution in [0.25, 0.3) is 0 Å². The van der Waals surface area contributed by atoms with Crippen LogP contribution in [-0.4, -0.2) is 22.1 Å². The van der Waals surface area contributed by atoms with E-state index in [1.165, 1.54) is 0 Å². The highest BCUT2D eigenvalue weighted by Crippen LogP contribution is 2.19. The van der Waals surface area contributed by atoms with Crippen LogP contribution in [-0.2, 0) is 6.54 Å². The van der Waals surface area contributed by atoms with Crippen LogP contribution in [0.3, 0.4) is 0 Å². The second-order valence-electron chi connectivity index (χ2n) is 4.15. The van der Waals surface area contributed by atoms with Gasteiger partial charge in [0.05, 0.1) is 17.7 Å². The molecule has 18 heavy (non-hydrogen) atoms. The molecule has 0 aliphatic heterocycles. The molecule has 0 saturated heterocycles. The summed E-state index contributed by atoms with van der Waals surface area (Å²) in [5.74, 6) is -0.260. The number of ketones is 1. The fourth-order valence-corrected chi connectivity index (χ4v) is 1.94. The molecule has 1 atom stereocenters. The van der Waals surface area contributed by atoms with Gasteiger partial charge in [0.2, 0.25) is 0 Å². The first-order valence-electron chi connectivity index (χ1n) is 6.08. The van der Waals surface area contributed by atoms with Crippen LogP contribution in [0.15, 0.2) is 42.7 Å². The van der Waals surface area contributed by atoms with Crippen LogP contribution in [0.1, 0.15) is 28.8 Å². The summed E-state index contributed by atoms with van der Waals surface area (Å²) in [5, 5.41) is 4.12. The monoisotopic (exact) mass is 243 g/mol. The minimum absolute atomic E-state index is 0.0309. The van der Waals surface area contributed by atoms with Crippen molar-refractivity contribution in [3.05, 3.63) is 53.9 Å². The summed E-state index contributed by atoms with van der Waals surface area (Å²) in [7, 11) is 0. The third-order valence-electron chi connectivity index (χ3n) is 3.00. The van der Waals surface area contributed by atoms with E-state index < -0.39 is 0 Å². The number of Topliss-reactive ketones (excluding diaryl/α,β-unsaturated/α-hetero) is 1. The van der Waals surface area contributed by atoms with E-state index in [1.807, 2.05) is 37.3 Å². The Balaban J connectivity index is 2.25. The van der Waals surface area contributed by atoms with Crippen molar-refractivity contribution in [2.75, 3.05) is 6.54 Å². The van der Waals surface area contributed by atoms with Gasteiger partial charge in [0, 0.05) is 19.3 Å². The largest absolute Gasteiger partial charge is 0.329 e. The lowest BCUT2D eigenvalue weighted by atomic mass is 9.92. The normalized spacial score (nSPS) is 12.3. The van der Waals surface area contributed by atoms with Gasteiger partial charge in [-0.15, -0.1) is 0 Å². The lowest BCUT2D eigenvalue weighted by Crippen LogP contribution is -2.21. The first-order valence-corrected chi connectivity index (χ1v) is 6.08. The number of rotatable bonds is 5. The van der Waals surface area contributed by atoms with E-state index in [1.54, 1.807) is 17.1 Å². The van der Waals surface area contributed by atoms with Crippen molar-refractivity contribution in [1.82, 2.24) is 9.78 Å². The molecule has 0 spiro atoms. The molecule has 1 aromatic heterocycles. The third kappa shape index (κ3) is 2.49. The van der Waals surface area contributed by atoms with Crippen molar-refractivity contribution in [2.45, 2.75) is 19.4 Å². The molecule has 4 nitrogen and oxygen atoms in total. The van der Waals surface area contributed by atoms with E-state index in [4.69, 9.17) is 5.73 Å². The molecule has 4 heteroatoms. The maximum Gasteiger partial charge on any atom is 0.174 e. The zero-order valence-corrected chi connectivity index (χ0v) is 10.4. The molecule has 2 rings (SSSR count). The Morgan fingerprint density at radius 1 is 1.39 bits per heavy atom. The average molecular weight is 243 g/mol. The molecule has 1 unspecified atom stereocenters. The highest BCUT2D eigenvalue weighted by molar-refractivity contribution is 6.00. The van der Waals surface area contributed by atoms with Crippen molar-refractivity contribution >= 4 is 5.78 Å². The van der Waals surface area contributed by atoms with E-state index in [2.05, 4.69) is 5.10 Å². The quantitative estimate of drug-likeness (QED) is 0.815. The van der Waals surface area contributed by atoms with Crippen LogP contribution in [0.4, 0.5) is 0 Å². The lowest BCUT2D eigenvalue weighted by Gasteiger charge is -2.12. The van der Waals surface area contributed by atoms with E-state index in [-0.39, 0.29) is 11.7 Å². The number of aromatic nitrogens is 2. The lowest BCUT2D eigenvalue weighted by molar-refractivity contribution is 0.0962. The van der Waals surface area contributed by atoms with Gasteiger partial charge in [-0.2, -0.15) is 5.10 Å². The van der Waals surface area contributed by atoms with Gasteiger partial charge in [-0.3, -0.25) is 9.48 Å². The number of carbonyl (C=O) groups excluding carboxylic acids is 1. The fourth-order valence-electron chi connectivity index (χ4n) is 1.94. The number of nitrogens with two attached hydrogens (primary N) is 1. The summed E-state index contributed by atoms with van der Waals surface area (Å²) in [6.07, 6.45) is 3.38. The molecular weight excluding hydrogens is 226 g/mol. The van der Waals surface area contributed by atoms with Crippen LogP contribution >= 0.6 is 0 Å². The molecule has 0 aliphatic carbocycles. The molecular formula is C14H17N3O. The molecule has 94 valence electrons. The Labute approximate surface area is 106 Å². The predicted octanol–water partition coefficient (Wildman–Crippen LogP) is 1.83. The van der Waals surface area contributed by atoms with Gasteiger partial charge in [-0.1, -0.05) is 30.3 Å². The fraction of sp³-hybridized carbons (Fsp3) is 0.286. The second-order valence-corrected chi connectivity index (χ2v) is 4.15. The average Bonchev–Trinajstić information content (AvgIpc) is 2.89. The minimum atomic E-state index is -0.291. The van der Waals surface area contributed by atoms with Crippen molar-refractivity contribution in [2.24, 2.45) is 5.73 Å². The van der Waals surface area contributed by atoms with Crippen molar-refractivity contribution < 1.29 is 4.79 Å². The molecule has 0 bridgehead atoms. The molecule has 0 radical (unpaired) electrons. The summed E-state index contributed by atoms with van der Waals surface area (Å²) < 4.78 is 1.74. The minimum Gasteiger partial charge on any atom is -0.329 e. The molecule has 0 saturated carbocycles. The Hall–Kier alpha value is -1.94. The zero-order chi connectivity index (χ0) is 13.0. The van der Waals surface area contributed by atoms with E-state index >= 15 is 0 Å². The number of hydrogen-bond donors (Lipinski definition) is 1. The van der Waals surface area contributed by atoms with Crippen molar-refractivity contribution in [3.8, 4) is 0 Å². The van der Waals surface area contributed by atoms with Crippen LogP contribution in [0.5, 0.6) is 0 Å². The number of benzene rings is 1. The molecule has 0 amide bonds. The highest BCUT2D eigenvalue weighted by Gasteiger charge is 2.21. The van der Waals surface area contributed by atoms with Crippen LogP contribution < -0.4 is 5.73 Å². The number of aryl methyl sites for hydroxylation is 1. The Kier molecular flexibility index (Phi) is 3.89. The van der Waals surface area contributed by atoms with E-state index in [9.17, 15) is 4.79 Å².